The molecule has 0 fully saturated rings. The topological polar surface area (TPSA) is 16.1 Å². The van der Waals surface area contributed by atoms with Gasteiger partial charge in [-0.2, -0.15) is 0 Å². The Balaban J connectivity index is 2.03. The Morgan fingerprint density at radius 1 is 1.00 bits per heavy atom. The Morgan fingerprint density at radius 2 is 1.72 bits per heavy atom. The fraction of sp³-hybridized carbons (Fsp3) is 0.214. The maximum absolute atomic E-state index is 6.10. The van der Waals surface area contributed by atoms with E-state index in [9.17, 15) is 0 Å². The average molecular weight is 281 g/mol. The Bertz CT molecular complexity index is 514. The number of hydrogen-bond donors (Lipinski definition) is 0. The molecular weight excluding hydrogens is 267 g/mol. The van der Waals surface area contributed by atoms with Gasteiger partial charge in [0, 0.05) is 13.1 Å². The third-order valence-corrected chi connectivity index (χ3v) is 3.15. The van der Waals surface area contributed by atoms with Gasteiger partial charge in [0.1, 0.15) is 5.15 Å². The van der Waals surface area contributed by atoms with Crippen LogP contribution in [0.4, 0.5) is 0 Å². The third-order valence-electron chi connectivity index (χ3n) is 2.60. The number of hydrogen-bond acceptors (Lipinski definition) is 2. The van der Waals surface area contributed by atoms with E-state index in [0.29, 0.717) is 16.7 Å². The molecule has 94 valence electrons. The van der Waals surface area contributed by atoms with E-state index in [0.717, 1.165) is 12.2 Å². The van der Waals surface area contributed by atoms with E-state index < -0.39 is 0 Å². The molecule has 0 bridgehead atoms. The van der Waals surface area contributed by atoms with Crippen LogP contribution in [-0.4, -0.2) is 16.9 Å². The molecule has 0 aliphatic carbocycles. The van der Waals surface area contributed by atoms with E-state index in [1.54, 1.807) is 12.1 Å². The summed E-state index contributed by atoms with van der Waals surface area (Å²) in [6.45, 7) is 1.53. The molecular formula is C14H14Cl2N2. The maximum atomic E-state index is 6.10. The minimum atomic E-state index is 0.475. The van der Waals surface area contributed by atoms with Crippen LogP contribution in [0.5, 0.6) is 0 Å². The summed E-state index contributed by atoms with van der Waals surface area (Å²) in [6.07, 6.45) is 0. The van der Waals surface area contributed by atoms with Crippen LogP contribution in [-0.2, 0) is 13.1 Å². The molecule has 4 heteroatoms. The molecule has 1 aromatic carbocycles. The summed E-state index contributed by atoms with van der Waals surface area (Å²) in [6, 6.07) is 13.8. The molecule has 0 aliphatic rings. The van der Waals surface area contributed by atoms with E-state index in [2.05, 4.69) is 22.0 Å². The van der Waals surface area contributed by atoms with Gasteiger partial charge >= 0.3 is 0 Å². The molecule has 0 saturated heterocycles. The highest BCUT2D eigenvalue weighted by atomic mass is 35.5. The molecule has 2 rings (SSSR count). The second kappa shape index (κ2) is 6.19. The van der Waals surface area contributed by atoms with Crippen LogP contribution >= 0.6 is 23.2 Å². The zero-order valence-corrected chi connectivity index (χ0v) is 11.6. The van der Waals surface area contributed by atoms with E-state index in [-0.39, 0.29) is 0 Å². The monoisotopic (exact) mass is 280 g/mol. The van der Waals surface area contributed by atoms with Crippen LogP contribution in [0.25, 0.3) is 0 Å². The SMILES string of the molecule is CN(Cc1ccccc1)Cc1nc(Cl)ccc1Cl. The Morgan fingerprint density at radius 3 is 2.44 bits per heavy atom. The lowest BCUT2D eigenvalue weighted by Gasteiger charge is -2.17. The van der Waals surface area contributed by atoms with Crippen molar-refractivity contribution in [3.05, 3.63) is 63.9 Å². The van der Waals surface area contributed by atoms with Gasteiger partial charge in [-0.3, -0.25) is 4.90 Å². The zero-order chi connectivity index (χ0) is 13.0. The molecule has 0 N–H and O–H groups in total. The van der Waals surface area contributed by atoms with Crippen molar-refractivity contribution < 1.29 is 0 Å². The summed E-state index contributed by atoms with van der Waals surface area (Å²) in [5, 5.41) is 1.13. The first-order valence-electron chi connectivity index (χ1n) is 5.68. The van der Waals surface area contributed by atoms with Crippen molar-refractivity contribution in [3.8, 4) is 0 Å². The van der Waals surface area contributed by atoms with Gasteiger partial charge in [-0.15, -0.1) is 0 Å². The zero-order valence-electron chi connectivity index (χ0n) is 10.1. The van der Waals surface area contributed by atoms with Crippen LogP contribution in [0, 0.1) is 0 Å². The van der Waals surface area contributed by atoms with Crippen molar-refractivity contribution in [1.82, 2.24) is 9.88 Å². The smallest absolute Gasteiger partial charge is 0.129 e. The summed E-state index contributed by atoms with van der Waals surface area (Å²) >= 11 is 12.0. The first-order chi connectivity index (χ1) is 8.65. The van der Waals surface area contributed by atoms with Gasteiger partial charge in [-0.1, -0.05) is 53.5 Å². The summed E-state index contributed by atoms with van der Waals surface area (Å²) < 4.78 is 0. The third kappa shape index (κ3) is 3.70. The van der Waals surface area contributed by atoms with Crippen molar-refractivity contribution in [2.45, 2.75) is 13.1 Å². The molecule has 0 saturated carbocycles. The Hall–Kier alpha value is -1.09. The maximum Gasteiger partial charge on any atom is 0.129 e. The van der Waals surface area contributed by atoms with E-state index in [4.69, 9.17) is 23.2 Å². The highest BCUT2D eigenvalue weighted by molar-refractivity contribution is 6.32. The average Bonchev–Trinajstić information content (AvgIpc) is 2.35. The molecule has 0 spiro atoms. The van der Waals surface area contributed by atoms with E-state index in [1.165, 1.54) is 5.56 Å². The molecule has 0 amide bonds. The van der Waals surface area contributed by atoms with Crippen LogP contribution in [0.2, 0.25) is 10.2 Å². The van der Waals surface area contributed by atoms with Gasteiger partial charge < -0.3 is 0 Å². The van der Waals surface area contributed by atoms with Crippen molar-refractivity contribution in [2.24, 2.45) is 0 Å². The number of pyridine rings is 1. The van der Waals surface area contributed by atoms with Gasteiger partial charge in [0.25, 0.3) is 0 Å². The predicted octanol–water partition coefficient (Wildman–Crippen LogP) is 4.02. The highest BCUT2D eigenvalue weighted by Gasteiger charge is 2.07. The van der Waals surface area contributed by atoms with Crippen molar-refractivity contribution in [2.75, 3.05) is 7.05 Å². The van der Waals surface area contributed by atoms with Gasteiger partial charge in [-0.05, 0) is 24.7 Å². The van der Waals surface area contributed by atoms with Crippen LogP contribution < -0.4 is 0 Å². The molecule has 0 radical (unpaired) electrons. The molecule has 0 unspecified atom stereocenters. The van der Waals surface area contributed by atoms with E-state index in [1.807, 2.05) is 25.2 Å². The Labute approximate surface area is 117 Å². The second-order valence-corrected chi connectivity index (χ2v) is 5.01. The molecule has 1 heterocycles. The lowest BCUT2D eigenvalue weighted by atomic mass is 10.2. The van der Waals surface area contributed by atoms with Gasteiger partial charge in [0.2, 0.25) is 0 Å². The Kier molecular flexibility index (Phi) is 4.59. The minimum absolute atomic E-state index is 0.475. The fourth-order valence-corrected chi connectivity index (χ4v) is 2.11. The number of benzene rings is 1. The summed E-state index contributed by atoms with van der Waals surface area (Å²) in [5.74, 6) is 0. The lowest BCUT2D eigenvalue weighted by molar-refractivity contribution is 0.315. The quantitative estimate of drug-likeness (QED) is 0.787. The molecule has 18 heavy (non-hydrogen) atoms. The van der Waals surface area contributed by atoms with Crippen LogP contribution in [0.15, 0.2) is 42.5 Å². The lowest BCUT2D eigenvalue weighted by Crippen LogP contribution is -2.18. The summed E-state index contributed by atoms with van der Waals surface area (Å²) in [5.41, 5.74) is 2.07. The second-order valence-electron chi connectivity index (χ2n) is 4.22. The number of halogens is 2. The largest absolute Gasteiger partial charge is 0.296 e. The first-order valence-corrected chi connectivity index (χ1v) is 6.44. The van der Waals surface area contributed by atoms with E-state index >= 15 is 0 Å². The first kappa shape index (κ1) is 13.3. The summed E-state index contributed by atoms with van der Waals surface area (Å²) in [7, 11) is 2.03. The number of nitrogens with zero attached hydrogens (tertiary/aromatic N) is 2. The molecule has 0 aliphatic heterocycles. The minimum Gasteiger partial charge on any atom is -0.296 e. The van der Waals surface area contributed by atoms with Crippen molar-refractivity contribution in [3.63, 3.8) is 0 Å². The van der Waals surface area contributed by atoms with Gasteiger partial charge in [0.05, 0.1) is 10.7 Å². The molecule has 1 aromatic heterocycles. The predicted molar refractivity (Wildman–Crippen MR) is 75.9 cm³/mol. The number of rotatable bonds is 4. The number of aromatic nitrogens is 1. The van der Waals surface area contributed by atoms with Gasteiger partial charge in [0.15, 0.2) is 0 Å². The molecule has 2 nitrogen and oxygen atoms in total. The fourth-order valence-electron chi connectivity index (χ4n) is 1.78. The van der Waals surface area contributed by atoms with Crippen LogP contribution in [0.1, 0.15) is 11.3 Å². The molecule has 0 atom stereocenters. The highest BCUT2D eigenvalue weighted by Crippen LogP contribution is 2.18. The standard InChI is InChI=1S/C14H14Cl2N2/c1-18(9-11-5-3-2-4-6-11)10-13-12(15)7-8-14(16)17-13/h2-8H,9-10H2,1H3. The van der Waals surface area contributed by atoms with Gasteiger partial charge in [-0.25, -0.2) is 4.98 Å². The summed E-state index contributed by atoms with van der Waals surface area (Å²) in [4.78, 5) is 6.40. The molecule has 2 aromatic rings. The van der Waals surface area contributed by atoms with Crippen molar-refractivity contribution in [1.29, 1.82) is 0 Å². The van der Waals surface area contributed by atoms with Crippen molar-refractivity contribution >= 4 is 23.2 Å². The normalized spacial score (nSPS) is 10.9. The van der Waals surface area contributed by atoms with Crippen LogP contribution in [0.3, 0.4) is 0 Å².